The molecule has 3 rings (SSSR count). The number of halogens is 3. The van der Waals surface area contributed by atoms with Gasteiger partial charge in [0.25, 0.3) is 5.91 Å². The van der Waals surface area contributed by atoms with Crippen LogP contribution in [0.15, 0.2) is 60.8 Å². The molecule has 2 aromatic carbocycles. The summed E-state index contributed by atoms with van der Waals surface area (Å²) in [4.78, 5) is 28.0. The van der Waals surface area contributed by atoms with Gasteiger partial charge in [-0.1, -0.05) is 12.1 Å². The first kappa shape index (κ1) is 25.3. The molecule has 0 saturated carbocycles. The van der Waals surface area contributed by atoms with Crippen LogP contribution in [-0.4, -0.2) is 30.6 Å². The van der Waals surface area contributed by atoms with Gasteiger partial charge < -0.3 is 25.4 Å². The van der Waals surface area contributed by atoms with Crippen LogP contribution in [0.4, 0.5) is 23.7 Å². The van der Waals surface area contributed by atoms with Gasteiger partial charge in [-0.2, -0.15) is 13.2 Å². The van der Waals surface area contributed by atoms with Crippen molar-refractivity contribution in [1.29, 1.82) is 0 Å². The quantitative estimate of drug-likeness (QED) is 0.416. The zero-order valence-electron chi connectivity index (χ0n) is 18.9. The topological polar surface area (TPSA) is 102 Å². The van der Waals surface area contributed by atoms with Crippen LogP contribution in [0.3, 0.4) is 0 Å². The number of amides is 3. The smallest absolute Gasteiger partial charge is 0.416 e. The number of nitrogens with zero attached hydrogens (tertiary/aromatic N) is 1. The minimum atomic E-state index is -4.55. The molecule has 3 aromatic rings. The van der Waals surface area contributed by atoms with Gasteiger partial charge in [0.2, 0.25) is 0 Å². The van der Waals surface area contributed by atoms with E-state index in [2.05, 4.69) is 20.9 Å². The second kappa shape index (κ2) is 11.2. The van der Waals surface area contributed by atoms with Gasteiger partial charge in [-0.3, -0.25) is 9.78 Å². The van der Waals surface area contributed by atoms with Crippen LogP contribution in [0.2, 0.25) is 0 Å². The number of nitrogens with one attached hydrogen (secondary N) is 3. The highest BCUT2D eigenvalue weighted by atomic mass is 19.4. The van der Waals surface area contributed by atoms with E-state index in [0.717, 1.165) is 17.7 Å². The summed E-state index contributed by atoms with van der Waals surface area (Å²) in [6, 6.07) is 12.1. The van der Waals surface area contributed by atoms with Gasteiger partial charge >= 0.3 is 12.2 Å². The molecule has 0 bridgehead atoms. The summed E-state index contributed by atoms with van der Waals surface area (Å²) in [6.07, 6.45) is -3.10. The second-order valence-electron chi connectivity index (χ2n) is 7.15. The van der Waals surface area contributed by atoms with E-state index in [0.29, 0.717) is 11.5 Å². The van der Waals surface area contributed by atoms with Crippen molar-refractivity contribution >= 4 is 17.6 Å². The van der Waals surface area contributed by atoms with Crippen molar-refractivity contribution < 1.29 is 32.2 Å². The van der Waals surface area contributed by atoms with Gasteiger partial charge in [0, 0.05) is 25.9 Å². The summed E-state index contributed by atoms with van der Waals surface area (Å²) < 4.78 is 50.1. The molecule has 0 aliphatic heterocycles. The fraction of sp³-hybridized carbons (Fsp3) is 0.208. The van der Waals surface area contributed by atoms with E-state index in [-0.39, 0.29) is 36.2 Å². The molecule has 0 radical (unpaired) electrons. The van der Waals surface area contributed by atoms with Crippen LogP contribution in [0, 0.1) is 0 Å². The molecule has 11 heteroatoms. The number of rotatable bonds is 8. The normalized spacial score (nSPS) is 10.9. The summed E-state index contributed by atoms with van der Waals surface area (Å²) in [5.74, 6) is 0.717. The Morgan fingerprint density at radius 3 is 2.40 bits per heavy atom. The largest absolute Gasteiger partial charge is 0.492 e. The summed E-state index contributed by atoms with van der Waals surface area (Å²) in [5.41, 5.74) is -0.0488. The van der Waals surface area contributed by atoms with Crippen molar-refractivity contribution in [2.75, 3.05) is 19.0 Å². The van der Waals surface area contributed by atoms with Crippen molar-refractivity contribution in [2.45, 2.75) is 19.6 Å². The Kier molecular flexibility index (Phi) is 8.13. The molecule has 1 aromatic heterocycles. The number of carbonyl (C=O) groups is 2. The highest BCUT2D eigenvalue weighted by Crippen LogP contribution is 2.35. The second-order valence-corrected chi connectivity index (χ2v) is 7.15. The Morgan fingerprint density at radius 1 is 1.00 bits per heavy atom. The maximum atomic E-state index is 13.0. The predicted molar refractivity (Wildman–Crippen MR) is 123 cm³/mol. The lowest BCUT2D eigenvalue weighted by Gasteiger charge is -2.15. The Labute approximate surface area is 199 Å². The molecular weight excluding hydrogens is 465 g/mol. The van der Waals surface area contributed by atoms with E-state index < -0.39 is 17.8 Å². The third-order valence-corrected chi connectivity index (χ3v) is 4.66. The van der Waals surface area contributed by atoms with E-state index in [1.54, 1.807) is 37.3 Å². The van der Waals surface area contributed by atoms with Gasteiger partial charge in [0.1, 0.15) is 22.9 Å². The van der Waals surface area contributed by atoms with E-state index in [1.807, 2.05) is 0 Å². The maximum Gasteiger partial charge on any atom is 0.416 e. The molecule has 0 aliphatic carbocycles. The van der Waals surface area contributed by atoms with Crippen LogP contribution in [0.25, 0.3) is 0 Å². The summed E-state index contributed by atoms with van der Waals surface area (Å²) in [5, 5.41) is 7.48. The molecule has 3 N–H and O–H groups in total. The average molecular weight is 488 g/mol. The SMILES string of the molecule is CCOc1ccc(C(F)(F)F)cc1NC(=O)NCc1ccc(Oc2ccnc(C(=O)NC)c2)cc1. The summed E-state index contributed by atoms with van der Waals surface area (Å²) >= 11 is 0. The first-order valence-electron chi connectivity index (χ1n) is 10.5. The minimum Gasteiger partial charge on any atom is -0.492 e. The monoisotopic (exact) mass is 488 g/mol. The molecule has 0 fully saturated rings. The Morgan fingerprint density at radius 2 is 1.74 bits per heavy atom. The third-order valence-electron chi connectivity index (χ3n) is 4.66. The Bertz CT molecular complexity index is 1180. The minimum absolute atomic E-state index is 0.0867. The zero-order valence-corrected chi connectivity index (χ0v) is 18.9. The molecule has 0 saturated heterocycles. The van der Waals surface area contributed by atoms with Crippen LogP contribution in [-0.2, 0) is 12.7 Å². The lowest BCUT2D eigenvalue weighted by Crippen LogP contribution is -2.28. The number of hydrogen-bond acceptors (Lipinski definition) is 5. The molecule has 184 valence electrons. The van der Waals surface area contributed by atoms with Crippen LogP contribution < -0.4 is 25.4 Å². The molecule has 3 amide bonds. The third kappa shape index (κ3) is 7.10. The lowest BCUT2D eigenvalue weighted by molar-refractivity contribution is -0.137. The van der Waals surface area contributed by atoms with Crippen LogP contribution in [0.5, 0.6) is 17.2 Å². The number of carbonyl (C=O) groups excluding carboxylic acids is 2. The number of aromatic nitrogens is 1. The van der Waals surface area contributed by atoms with Crippen molar-refractivity contribution in [3.8, 4) is 17.2 Å². The number of pyridine rings is 1. The van der Waals surface area contributed by atoms with Crippen LogP contribution >= 0.6 is 0 Å². The van der Waals surface area contributed by atoms with E-state index in [1.165, 1.54) is 25.4 Å². The van der Waals surface area contributed by atoms with Gasteiger partial charge in [-0.05, 0) is 48.9 Å². The molecule has 8 nitrogen and oxygen atoms in total. The molecule has 0 unspecified atom stereocenters. The Balaban J connectivity index is 1.60. The molecule has 1 heterocycles. The summed E-state index contributed by atoms with van der Waals surface area (Å²) in [6.45, 7) is 2.03. The highest BCUT2D eigenvalue weighted by Gasteiger charge is 2.31. The van der Waals surface area contributed by atoms with Gasteiger partial charge in [-0.15, -0.1) is 0 Å². The first-order valence-corrected chi connectivity index (χ1v) is 10.5. The zero-order chi connectivity index (χ0) is 25.4. The van der Waals surface area contributed by atoms with Crippen molar-refractivity contribution in [2.24, 2.45) is 0 Å². The molecule has 35 heavy (non-hydrogen) atoms. The Hall–Kier alpha value is -4.28. The standard InChI is InChI=1S/C24H23F3N4O4/c1-3-34-21-9-6-16(24(25,26)27)12-19(21)31-23(33)30-14-15-4-7-17(8-5-15)35-18-10-11-29-20(13-18)22(32)28-2/h4-13H,3,14H2,1-2H3,(H,28,32)(H2,30,31,33). The first-order chi connectivity index (χ1) is 16.7. The number of ether oxygens (including phenoxy) is 2. The van der Waals surface area contributed by atoms with Crippen LogP contribution in [0.1, 0.15) is 28.5 Å². The number of hydrogen-bond donors (Lipinski definition) is 3. The number of urea groups is 1. The van der Waals surface area contributed by atoms with E-state index >= 15 is 0 Å². The predicted octanol–water partition coefficient (Wildman–Crippen LogP) is 4.97. The fourth-order valence-electron chi connectivity index (χ4n) is 2.97. The van der Waals surface area contributed by atoms with Gasteiger partial charge in [-0.25, -0.2) is 4.79 Å². The average Bonchev–Trinajstić information content (AvgIpc) is 2.84. The van der Waals surface area contributed by atoms with Gasteiger partial charge in [0.05, 0.1) is 17.9 Å². The number of anilines is 1. The highest BCUT2D eigenvalue weighted by molar-refractivity contribution is 5.92. The number of benzene rings is 2. The van der Waals surface area contributed by atoms with Crippen molar-refractivity contribution in [3.05, 3.63) is 77.6 Å². The van der Waals surface area contributed by atoms with E-state index in [4.69, 9.17) is 9.47 Å². The van der Waals surface area contributed by atoms with Gasteiger partial charge in [0.15, 0.2) is 0 Å². The fourth-order valence-corrected chi connectivity index (χ4v) is 2.97. The lowest BCUT2D eigenvalue weighted by atomic mass is 10.1. The molecule has 0 atom stereocenters. The number of alkyl halides is 3. The summed E-state index contributed by atoms with van der Waals surface area (Å²) in [7, 11) is 1.50. The molecule has 0 spiro atoms. The van der Waals surface area contributed by atoms with Crippen molar-refractivity contribution in [3.63, 3.8) is 0 Å². The van der Waals surface area contributed by atoms with E-state index in [9.17, 15) is 22.8 Å². The maximum absolute atomic E-state index is 13.0. The molecular formula is C24H23F3N4O4. The molecule has 0 aliphatic rings. The van der Waals surface area contributed by atoms with Crippen molar-refractivity contribution in [1.82, 2.24) is 15.6 Å².